The van der Waals surface area contributed by atoms with Gasteiger partial charge in [0.2, 0.25) is 15.9 Å². The van der Waals surface area contributed by atoms with Crippen molar-refractivity contribution in [3.05, 3.63) is 11.7 Å². The van der Waals surface area contributed by atoms with Gasteiger partial charge in [0.25, 0.3) is 0 Å². The monoisotopic (exact) mass is 288 g/mol. The van der Waals surface area contributed by atoms with Crippen LogP contribution in [0.3, 0.4) is 0 Å². The topological polar surface area (TPSA) is 88.3 Å². The minimum absolute atomic E-state index is 0.00496. The molecular weight excluding hydrogens is 268 g/mol. The first-order valence-electron chi connectivity index (χ1n) is 6.37. The Morgan fingerprint density at radius 1 is 1.53 bits per heavy atom. The van der Waals surface area contributed by atoms with Gasteiger partial charge < -0.3 is 4.52 Å². The first kappa shape index (κ1) is 14.4. The number of hydrogen-bond donors (Lipinski definition) is 1. The molecule has 0 saturated carbocycles. The molecule has 8 heteroatoms. The van der Waals surface area contributed by atoms with Gasteiger partial charge in [0.05, 0.1) is 12.3 Å². The molecule has 7 nitrogen and oxygen atoms in total. The summed E-state index contributed by atoms with van der Waals surface area (Å²) in [5.74, 6) is 1.20. The number of rotatable bonds is 4. The predicted octanol–water partition coefficient (Wildman–Crippen LogP) is 0.453. The van der Waals surface area contributed by atoms with E-state index in [1.54, 1.807) is 6.92 Å². The first-order valence-corrected chi connectivity index (χ1v) is 8.26. The highest BCUT2D eigenvalue weighted by Gasteiger charge is 2.28. The molecule has 0 spiro atoms. The zero-order valence-corrected chi connectivity index (χ0v) is 12.3. The molecule has 2 rings (SSSR count). The van der Waals surface area contributed by atoms with Gasteiger partial charge in [-0.1, -0.05) is 5.16 Å². The van der Waals surface area contributed by atoms with Gasteiger partial charge in [-0.15, -0.1) is 0 Å². The molecular formula is C11H20N4O3S. The fourth-order valence-corrected chi connectivity index (χ4v) is 3.19. The molecule has 1 aromatic heterocycles. The molecule has 1 N–H and O–H groups in total. The molecule has 0 aliphatic carbocycles. The number of nitrogens with zero attached hydrogens (tertiary/aromatic N) is 3. The lowest BCUT2D eigenvalue weighted by Gasteiger charge is -2.35. The lowest BCUT2D eigenvalue weighted by molar-refractivity contribution is 0.130. The Labute approximate surface area is 113 Å². The zero-order valence-electron chi connectivity index (χ0n) is 11.5. The van der Waals surface area contributed by atoms with Crippen LogP contribution in [0.5, 0.6) is 0 Å². The van der Waals surface area contributed by atoms with E-state index in [1.807, 2.05) is 6.92 Å². The third kappa shape index (κ3) is 3.99. The zero-order chi connectivity index (χ0) is 14.0. The molecule has 1 aromatic rings. The molecule has 0 aromatic carbocycles. The van der Waals surface area contributed by atoms with Crippen molar-refractivity contribution in [2.45, 2.75) is 38.8 Å². The minimum atomic E-state index is -3.16. The van der Waals surface area contributed by atoms with Crippen molar-refractivity contribution in [2.24, 2.45) is 0 Å². The standard InChI is InChI=1S/C11H20N4O3S/c1-8(11-12-9(2)13-18-11)15-6-4-5-10(7-15)14-19(3,16)17/h8,10,14H,4-7H2,1-3H3. The van der Waals surface area contributed by atoms with Crippen molar-refractivity contribution in [3.63, 3.8) is 0 Å². The molecule has 2 unspecified atom stereocenters. The van der Waals surface area contributed by atoms with Gasteiger partial charge in [0.1, 0.15) is 0 Å². The van der Waals surface area contributed by atoms with E-state index in [9.17, 15) is 8.42 Å². The maximum Gasteiger partial charge on any atom is 0.243 e. The van der Waals surface area contributed by atoms with E-state index in [4.69, 9.17) is 4.52 Å². The summed E-state index contributed by atoms with van der Waals surface area (Å²) < 4.78 is 30.4. The van der Waals surface area contributed by atoms with Gasteiger partial charge in [0.15, 0.2) is 5.82 Å². The van der Waals surface area contributed by atoms with Crippen LogP contribution < -0.4 is 4.72 Å². The Bertz CT molecular complexity index is 528. The molecule has 2 atom stereocenters. The van der Waals surface area contributed by atoms with Crippen LogP contribution in [0.2, 0.25) is 0 Å². The number of likely N-dealkylation sites (tertiary alicyclic amines) is 1. The summed E-state index contributed by atoms with van der Waals surface area (Å²) in [6.07, 6.45) is 3.00. The van der Waals surface area contributed by atoms with Crippen LogP contribution in [0.15, 0.2) is 4.52 Å². The summed E-state index contributed by atoms with van der Waals surface area (Å²) in [5.41, 5.74) is 0. The summed E-state index contributed by atoms with van der Waals surface area (Å²) in [6, 6.07) is -0.0411. The third-order valence-electron chi connectivity index (χ3n) is 3.28. The Hall–Kier alpha value is -0.990. The van der Waals surface area contributed by atoms with E-state index in [-0.39, 0.29) is 12.1 Å². The average Bonchev–Trinajstić information content (AvgIpc) is 2.73. The molecule has 1 aliphatic heterocycles. The fraction of sp³-hybridized carbons (Fsp3) is 0.818. The Morgan fingerprint density at radius 2 is 2.26 bits per heavy atom. The Morgan fingerprint density at radius 3 is 2.84 bits per heavy atom. The predicted molar refractivity (Wildman–Crippen MR) is 70.0 cm³/mol. The average molecular weight is 288 g/mol. The number of hydrogen-bond acceptors (Lipinski definition) is 6. The van der Waals surface area contributed by atoms with E-state index >= 15 is 0 Å². The molecule has 19 heavy (non-hydrogen) atoms. The van der Waals surface area contributed by atoms with Gasteiger partial charge in [-0.3, -0.25) is 4.90 Å². The van der Waals surface area contributed by atoms with Gasteiger partial charge >= 0.3 is 0 Å². The van der Waals surface area contributed by atoms with E-state index in [0.29, 0.717) is 18.3 Å². The summed E-state index contributed by atoms with van der Waals surface area (Å²) >= 11 is 0. The maximum absolute atomic E-state index is 11.3. The first-order chi connectivity index (χ1) is 8.85. The molecule has 1 saturated heterocycles. The van der Waals surface area contributed by atoms with Crippen molar-refractivity contribution < 1.29 is 12.9 Å². The minimum Gasteiger partial charge on any atom is -0.338 e. The van der Waals surface area contributed by atoms with Gasteiger partial charge in [0, 0.05) is 12.6 Å². The maximum atomic E-state index is 11.3. The van der Waals surface area contributed by atoms with Crippen LogP contribution in [0, 0.1) is 6.92 Å². The number of aromatic nitrogens is 2. The van der Waals surface area contributed by atoms with Crippen LogP contribution in [-0.4, -0.2) is 48.8 Å². The van der Waals surface area contributed by atoms with Gasteiger partial charge in [-0.05, 0) is 33.2 Å². The van der Waals surface area contributed by atoms with Crippen molar-refractivity contribution in [1.29, 1.82) is 0 Å². The Kier molecular flexibility index (Phi) is 4.22. The van der Waals surface area contributed by atoms with Crippen molar-refractivity contribution in [1.82, 2.24) is 19.8 Å². The van der Waals surface area contributed by atoms with Crippen LogP contribution in [-0.2, 0) is 10.0 Å². The van der Waals surface area contributed by atoms with Crippen LogP contribution >= 0.6 is 0 Å². The number of sulfonamides is 1. The van der Waals surface area contributed by atoms with E-state index in [0.717, 1.165) is 19.4 Å². The van der Waals surface area contributed by atoms with Crippen LogP contribution in [0.1, 0.15) is 37.5 Å². The molecule has 0 bridgehead atoms. The van der Waals surface area contributed by atoms with E-state index in [2.05, 4.69) is 19.8 Å². The lowest BCUT2D eigenvalue weighted by Crippen LogP contribution is -2.48. The SMILES string of the molecule is Cc1noc(C(C)N2CCCC(NS(C)(=O)=O)C2)n1. The van der Waals surface area contributed by atoms with Crippen LogP contribution in [0.25, 0.3) is 0 Å². The molecule has 1 fully saturated rings. The van der Waals surface area contributed by atoms with E-state index in [1.165, 1.54) is 6.26 Å². The van der Waals surface area contributed by atoms with Gasteiger partial charge in [-0.2, -0.15) is 4.98 Å². The summed E-state index contributed by atoms with van der Waals surface area (Å²) in [6.45, 7) is 5.35. The van der Waals surface area contributed by atoms with Crippen molar-refractivity contribution in [3.8, 4) is 0 Å². The largest absolute Gasteiger partial charge is 0.338 e. The summed E-state index contributed by atoms with van der Waals surface area (Å²) in [7, 11) is -3.16. The lowest BCUT2D eigenvalue weighted by atomic mass is 10.0. The van der Waals surface area contributed by atoms with E-state index < -0.39 is 10.0 Å². The second kappa shape index (κ2) is 5.56. The highest BCUT2D eigenvalue weighted by atomic mass is 32.2. The summed E-state index contributed by atoms with van der Waals surface area (Å²) in [4.78, 5) is 6.39. The fourth-order valence-electron chi connectivity index (χ4n) is 2.40. The summed E-state index contributed by atoms with van der Waals surface area (Å²) in [5, 5.41) is 3.79. The van der Waals surface area contributed by atoms with Crippen molar-refractivity contribution in [2.75, 3.05) is 19.3 Å². The van der Waals surface area contributed by atoms with Crippen LogP contribution in [0.4, 0.5) is 0 Å². The molecule has 108 valence electrons. The van der Waals surface area contributed by atoms with Gasteiger partial charge in [-0.25, -0.2) is 13.1 Å². The smallest absolute Gasteiger partial charge is 0.243 e. The highest BCUT2D eigenvalue weighted by molar-refractivity contribution is 7.88. The number of aryl methyl sites for hydroxylation is 1. The second-order valence-corrected chi connectivity index (χ2v) is 6.86. The molecule has 0 radical (unpaired) electrons. The second-order valence-electron chi connectivity index (χ2n) is 5.08. The molecule has 0 amide bonds. The molecule has 2 heterocycles. The third-order valence-corrected chi connectivity index (χ3v) is 4.04. The quantitative estimate of drug-likeness (QED) is 0.865. The normalized spacial score (nSPS) is 23.4. The highest BCUT2D eigenvalue weighted by Crippen LogP contribution is 2.23. The van der Waals surface area contributed by atoms with Crippen molar-refractivity contribution >= 4 is 10.0 Å². The number of piperidine rings is 1. The number of nitrogens with one attached hydrogen (secondary N) is 1. The molecule has 1 aliphatic rings. The Balaban J connectivity index is 2.01.